The molecule has 0 atom stereocenters. The number of nitrogens with zero attached hydrogens (tertiary/aromatic N) is 4. The summed E-state index contributed by atoms with van der Waals surface area (Å²) in [5.74, 6) is 2.70. The summed E-state index contributed by atoms with van der Waals surface area (Å²) in [5.41, 5.74) is 1.25. The average Bonchev–Trinajstić information content (AvgIpc) is 2.87. The quantitative estimate of drug-likeness (QED) is 0.793. The Morgan fingerprint density at radius 3 is 3.05 bits per heavy atom. The highest BCUT2D eigenvalue weighted by atomic mass is 35.5. The summed E-state index contributed by atoms with van der Waals surface area (Å²) < 4.78 is 1.57. The number of hydrogen-bond donors (Lipinski definition) is 0. The van der Waals surface area contributed by atoms with Crippen LogP contribution in [0.2, 0.25) is 5.15 Å². The fourth-order valence-corrected chi connectivity index (χ4v) is 2.38. The average molecular weight is 321 g/mol. The summed E-state index contributed by atoms with van der Waals surface area (Å²) in [4.78, 5) is 17.6. The Labute approximate surface area is 132 Å². The fraction of sp³-hybridized carbons (Fsp3) is 0.214. The van der Waals surface area contributed by atoms with Crippen LogP contribution >= 0.6 is 23.4 Å². The summed E-state index contributed by atoms with van der Waals surface area (Å²) in [6.07, 6.45) is 12.2. The molecule has 7 heteroatoms. The topological polar surface area (TPSA) is 51.0 Å². The van der Waals surface area contributed by atoms with Crippen LogP contribution in [-0.4, -0.2) is 39.2 Å². The maximum Gasteiger partial charge on any atom is 0.237 e. The number of halogens is 1. The van der Waals surface area contributed by atoms with Crippen molar-refractivity contribution in [2.75, 3.05) is 23.5 Å². The third-order valence-electron chi connectivity index (χ3n) is 2.67. The largest absolute Gasteiger partial charge is 0.296 e. The molecule has 0 saturated carbocycles. The zero-order valence-electron chi connectivity index (χ0n) is 11.4. The van der Waals surface area contributed by atoms with Crippen molar-refractivity contribution < 1.29 is 4.79 Å². The van der Waals surface area contributed by atoms with Gasteiger partial charge < -0.3 is 0 Å². The number of terminal acetylenes is 1. The smallest absolute Gasteiger partial charge is 0.237 e. The molecule has 5 nitrogen and oxygen atoms in total. The van der Waals surface area contributed by atoms with E-state index in [1.165, 1.54) is 16.7 Å². The van der Waals surface area contributed by atoms with Gasteiger partial charge in [-0.2, -0.15) is 16.9 Å². The van der Waals surface area contributed by atoms with Gasteiger partial charge in [0.1, 0.15) is 5.69 Å². The van der Waals surface area contributed by atoms with Crippen molar-refractivity contribution in [3.05, 3.63) is 35.9 Å². The molecule has 0 radical (unpaired) electrons. The molecular formula is C14H13ClN4OS. The van der Waals surface area contributed by atoms with E-state index in [2.05, 4.69) is 16.0 Å². The molecule has 0 unspecified atom stereocenters. The Balaban J connectivity index is 2.36. The molecule has 2 aromatic rings. The van der Waals surface area contributed by atoms with Crippen LogP contribution in [0.3, 0.4) is 0 Å². The molecule has 0 saturated heterocycles. The third kappa shape index (κ3) is 3.57. The van der Waals surface area contributed by atoms with Gasteiger partial charge in [-0.3, -0.25) is 14.7 Å². The number of rotatable bonds is 5. The minimum Gasteiger partial charge on any atom is -0.296 e. The minimum atomic E-state index is -0.104. The van der Waals surface area contributed by atoms with E-state index in [9.17, 15) is 4.79 Å². The van der Waals surface area contributed by atoms with Crippen LogP contribution in [0.25, 0.3) is 5.69 Å². The van der Waals surface area contributed by atoms with E-state index in [0.717, 1.165) is 5.69 Å². The first-order valence-corrected chi connectivity index (χ1v) is 7.83. The molecule has 0 aliphatic rings. The molecular weight excluding hydrogens is 308 g/mol. The molecule has 108 valence electrons. The van der Waals surface area contributed by atoms with Crippen molar-refractivity contribution in [2.24, 2.45) is 0 Å². The zero-order chi connectivity index (χ0) is 15.2. The lowest BCUT2D eigenvalue weighted by atomic mass is 10.4. The second-order valence-corrected chi connectivity index (χ2v) is 5.30. The van der Waals surface area contributed by atoms with Gasteiger partial charge in [-0.15, -0.1) is 6.42 Å². The molecule has 0 aromatic carbocycles. The highest BCUT2D eigenvalue weighted by molar-refractivity contribution is 7.99. The molecule has 1 amide bonds. The van der Waals surface area contributed by atoms with E-state index in [4.69, 9.17) is 18.0 Å². The van der Waals surface area contributed by atoms with Gasteiger partial charge in [-0.05, 0) is 18.4 Å². The van der Waals surface area contributed by atoms with Crippen LogP contribution in [0, 0.1) is 12.3 Å². The van der Waals surface area contributed by atoms with Gasteiger partial charge in [0.15, 0.2) is 5.15 Å². The molecule has 0 bridgehead atoms. The molecule has 2 heterocycles. The molecule has 0 aliphatic heterocycles. The number of carbonyl (C=O) groups excluding carboxylic acids is 1. The Hall–Kier alpha value is -1.97. The number of amides is 1. The van der Waals surface area contributed by atoms with E-state index in [1.807, 2.05) is 12.3 Å². The third-order valence-corrected chi connectivity index (χ3v) is 3.48. The van der Waals surface area contributed by atoms with Gasteiger partial charge >= 0.3 is 0 Å². The maximum absolute atomic E-state index is 12.1. The van der Waals surface area contributed by atoms with Gasteiger partial charge in [0, 0.05) is 6.20 Å². The van der Waals surface area contributed by atoms with E-state index >= 15 is 0 Å². The minimum absolute atomic E-state index is 0.104. The lowest BCUT2D eigenvalue weighted by molar-refractivity contribution is -0.116. The van der Waals surface area contributed by atoms with Crippen molar-refractivity contribution in [3.63, 3.8) is 0 Å². The molecule has 0 aliphatic carbocycles. The first-order chi connectivity index (χ1) is 10.2. The summed E-state index contributed by atoms with van der Waals surface area (Å²) in [6.45, 7) is 0.151. The van der Waals surface area contributed by atoms with Crippen molar-refractivity contribution in [1.82, 2.24) is 14.8 Å². The Morgan fingerprint density at radius 2 is 2.43 bits per heavy atom. The number of thioether (sulfide) groups is 1. The SMILES string of the molecule is C#CCN(C(=O)CSC)c1cn(-c2cccnc2)nc1Cl. The van der Waals surface area contributed by atoms with Crippen LogP contribution in [0.1, 0.15) is 0 Å². The molecule has 0 N–H and O–H groups in total. The van der Waals surface area contributed by atoms with Gasteiger partial charge in [-0.1, -0.05) is 17.5 Å². The van der Waals surface area contributed by atoms with Crippen LogP contribution in [0.15, 0.2) is 30.7 Å². The van der Waals surface area contributed by atoms with Gasteiger partial charge in [0.25, 0.3) is 0 Å². The second-order valence-electron chi connectivity index (χ2n) is 4.08. The molecule has 0 spiro atoms. The molecule has 2 aromatic heterocycles. The van der Waals surface area contributed by atoms with Crippen LogP contribution in [0.5, 0.6) is 0 Å². The van der Waals surface area contributed by atoms with Crippen molar-refractivity contribution in [1.29, 1.82) is 0 Å². The van der Waals surface area contributed by atoms with Crippen molar-refractivity contribution in [3.8, 4) is 18.0 Å². The number of hydrogen-bond acceptors (Lipinski definition) is 4. The zero-order valence-corrected chi connectivity index (χ0v) is 12.9. The fourth-order valence-electron chi connectivity index (χ4n) is 1.75. The number of carbonyl (C=O) groups is 1. The Kier molecular flexibility index (Phi) is 5.26. The van der Waals surface area contributed by atoms with E-state index in [1.54, 1.807) is 29.3 Å². The standard InChI is InChI=1S/C14H13ClN4OS/c1-3-7-18(13(20)10-21-2)12-9-19(17-14(12)15)11-5-4-6-16-8-11/h1,4-6,8-9H,7,10H2,2H3. The summed E-state index contributed by atoms with van der Waals surface area (Å²) in [6, 6.07) is 3.64. The lowest BCUT2D eigenvalue weighted by Gasteiger charge is -2.18. The van der Waals surface area contributed by atoms with Crippen LogP contribution < -0.4 is 4.90 Å². The van der Waals surface area contributed by atoms with Gasteiger partial charge in [0.05, 0.1) is 30.4 Å². The van der Waals surface area contributed by atoms with Crippen molar-refractivity contribution in [2.45, 2.75) is 0 Å². The number of pyridine rings is 1. The summed E-state index contributed by atoms with van der Waals surface area (Å²) in [5, 5.41) is 4.42. The Morgan fingerprint density at radius 1 is 1.62 bits per heavy atom. The second kappa shape index (κ2) is 7.16. The van der Waals surface area contributed by atoms with Crippen LogP contribution in [0.4, 0.5) is 5.69 Å². The van der Waals surface area contributed by atoms with Crippen LogP contribution in [-0.2, 0) is 4.79 Å². The number of anilines is 1. The first kappa shape index (κ1) is 15.4. The highest BCUT2D eigenvalue weighted by Crippen LogP contribution is 2.26. The van der Waals surface area contributed by atoms with E-state index in [-0.39, 0.29) is 17.6 Å². The summed E-state index contributed by atoms with van der Waals surface area (Å²) >= 11 is 7.58. The Bertz CT molecular complexity index is 665. The first-order valence-electron chi connectivity index (χ1n) is 6.05. The molecule has 2 rings (SSSR count). The monoisotopic (exact) mass is 320 g/mol. The predicted octanol–water partition coefficient (Wildman–Crippen LogP) is 2.25. The summed E-state index contributed by atoms with van der Waals surface area (Å²) in [7, 11) is 0. The molecule has 0 fully saturated rings. The lowest BCUT2D eigenvalue weighted by Crippen LogP contribution is -2.32. The molecule has 21 heavy (non-hydrogen) atoms. The predicted molar refractivity (Wildman–Crippen MR) is 85.9 cm³/mol. The normalized spacial score (nSPS) is 10.1. The number of aromatic nitrogens is 3. The maximum atomic E-state index is 12.1. The van der Waals surface area contributed by atoms with E-state index < -0.39 is 0 Å². The van der Waals surface area contributed by atoms with Gasteiger partial charge in [-0.25, -0.2) is 4.68 Å². The van der Waals surface area contributed by atoms with Gasteiger partial charge in [0.2, 0.25) is 5.91 Å². The van der Waals surface area contributed by atoms with E-state index in [0.29, 0.717) is 11.4 Å². The van der Waals surface area contributed by atoms with Crippen molar-refractivity contribution >= 4 is 35.0 Å². The highest BCUT2D eigenvalue weighted by Gasteiger charge is 2.20.